The summed E-state index contributed by atoms with van der Waals surface area (Å²) in [6.45, 7) is 7.78. The Morgan fingerprint density at radius 2 is 1.95 bits per heavy atom. The van der Waals surface area contributed by atoms with Crippen molar-refractivity contribution in [1.29, 1.82) is 0 Å². The predicted molar refractivity (Wildman–Crippen MR) is 85.1 cm³/mol. The highest BCUT2D eigenvalue weighted by molar-refractivity contribution is 7.10. The fourth-order valence-electron chi connectivity index (χ4n) is 2.47. The van der Waals surface area contributed by atoms with Crippen LogP contribution < -0.4 is 0 Å². The van der Waals surface area contributed by atoms with E-state index >= 15 is 0 Å². The molecular weight excluding hydrogens is 284 g/mol. The summed E-state index contributed by atoms with van der Waals surface area (Å²) in [5.41, 5.74) is 3.82. The molecule has 2 aromatic rings. The lowest BCUT2D eigenvalue weighted by Gasteiger charge is -2.17. The first-order valence-corrected chi connectivity index (χ1v) is 7.69. The van der Waals surface area contributed by atoms with Crippen molar-refractivity contribution in [2.45, 2.75) is 34.2 Å². The largest absolute Gasteiger partial charge is 0.355 e. The fourth-order valence-corrected chi connectivity index (χ4v) is 3.43. The van der Waals surface area contributed by atoms with Gasteiger partial charge >= 0.3 is 0 Å². The minimum atomic E-state index is -0.0541. The zero-order chi connectivity index (χ0) is 15.7. The van der Waals surface area contributed by atoms with Crippen LogP contribution in [-0.4, -0.2) is 28.6 Å². The number of rotatable bonds is 4. The number of Topliss-reactive ketones (excluding diaryl/α,β-unsaturated/α-hetero) is 1. The normalized spacial score (nSPS) is 10.7. The average molecular weight is 304 g/mol. The van der Waals surface area contributed by atoms with Crippen molar-refractivity contribution in [2.75, 3.05) is 7.05 Å². The van der Waals surface area contributed by atoms with E-state index in [4.69, 9.17) is 0 Å². The first kappa shape index (κ1) is 15.5. The lowest BCUT2D eigenvalue weighted by atomic mass is 10.1. The zero-order valence-electron chi connectivity index (χ0n) is 13.0. The van der Waals surface area contributed by atoms with Gasteiger partial charge in [-0.05, 0) is 43.3 Å². The topological polar surface area (TPSA) is 53.2 Å². The van der Waals surface area contributed by atoms with Gasteiger partial charge in [-0.1, -0.05) is 0 Å². The van der Waals surface area contributed by atoms with E-state index in [0.29, 0.717) is 17.8 Å². The van der Waals surface area contributed by atoms with Crippen LogP contribution in [0.4, 0.5) is 0 Å². The van der Waals surface area contributed by atoms with Crippen LogP contribution in [0.5, 0.6) is 0 Å². The van der Waals surface area contributed by atoms with Crippen molar-refractivity contribution < 1.29 is 9.59 Å². The standard InChI is InChI=1S/C16H20N2O2S/c1-9-6-7-21-13(9)8-18(5)16(20)14-10(2)15(12(4)19)17-11(14)3/h6-7,17H,8H2,1-5H3. The Morgan fingerprint density at radius 1 is 1.29 bits per heavy atom. The molecule has 0 aliphatic rings. The summed E-state index contributed by atoms with van der Waals surface area (Å²) >= 11 is 1.65. The van der Waals surface area contributed by atoms with Crippen LogP contribution in [0.2, 0.25) is 0 Å². The molecule has 0 radical (unpaired) electrons. The summed E-state index contributed by atoms with van der Waals surface area (Å²) < 4.78 is 0. The van der Waals surface area contributed by atoms with Crippen LogP contribution in [0, 0.1) is 20.8 Å². The molecule has 0 spiro atoms. The molecule has 5 heteroatoms. The van der Waals surface area contributed by atoms with Gasteiger partial charge in [-0.3, -0.25) is 9.59 Å². The second-order valence-corrected chi connectivity index (χ2v) is 6.37. The maximum Gasteiger partial charge on any atom is 0.256 e. The monoisotopic (exact) mass is 304 g/mol. The summed E-state index contributed by atoms with van der Waals surface area (Å²) in [6.07, 6.45) is 0. The highest BCUT2D eigenvalue weighted by Crippen LogP contribution is 2.22. The predicted octanol–water partition coefficient (Wildman–Crippen LogP) is 3.48. The average Bonchev–Trinajstić information content (AvgIpc) is 2.93. The third-order valence-corrected chi connectivity index (χ3v) is 4.71. The number of amides is 1. The van der Waals surface area contributed by atoms with Gasteiger partial charge in [0.05, 0.1) is 17.8 Å². The maximum absolute atomic E-state index is 12.7. The molecule has 0 fully saturated rings. The second-order valence-electron chi connectivity index (χ2n) is 5.37. The van der Waals surface area contributed by atoms with E-state index in [1.54, 1.807) is 23.3 Å². The molecule has 2 aromatic heterocycles. The summed E-state index contributed by atoms with van der Waals surface area (Å²) in [5, 5.41) is 2.03. The Hall–Kier alpha value is -1.88. The summed E-state index contributed by atoms with van der Waals surface area (Å²) in [4.78, 5) is 30.1. The molecule has 1 N–H and O–H groups in total. The molecule has 0 saturated heterocycles. The van der Waals surface area contributed by atoms with Gasteiger partial charge in [-0.2, -0.15) is 0 Å². The first-order chi connectivity index (χ1) is 9.82. The Labute approximate surface area is 128 Å². The van der Waals surface area contributed by atoms with Crippen molar-refractivity contribution in [1.82, 2.24) is 9.88 Å². The molecule has 112 valence electrons. The van der Waals surface area contributed by atoms with Gasteiger partial charge in [0, 0.05) is 24.5 Å². The van der Waals surface area contributed by atoms with Crippen LogP contribution in [0.1, 0.15) is 49.5 Å². The summed E-state index contributed by atoms with van der Waals surface area (Å²) in [7, 11) is 1.79. The molecule has 0 atom stereocenters. The molecule has 0 unspecified atom stereocenters. The molecule has 4 nitrogen and oxygen atoms in total. The van der Waals surface area contributed by atoms with Crippen LogP contribution in [0.15, 0.2) is 11.4 Å². The lowest BCUT2D eigenvalue weighted by molar-refractivity contribution is 0.0785. The number of H-pyrrole nitrogens is 1. The Morgan fingerprint density at radius 3 is 2.43 bits per heavy atom. The van der Waals surface area contributed by atoms with Crippen LogP contribution in [0.3, 0.4) is 0 Å². The van der Waals surface area contributed by atoms with Gasteiger partial charge < -0.3 is 9.88 Å². The number of aromatic amines is 1. The number of aryl methyl sites for hydroxylation is 2. The Bertz CT molecular complexity index is 697. The molecule has 0 aromatic carbocycles. The first-order valence-electron chi connectivity index (χ1n) is 6.81. The molecule has 1 amide bonds. The molecule has 2 rings (SSSR count). The van der Waals surface area contributed by atoms with Crippen molar-refractivity contribution >= 4 is 23.0 Å². The van der Waals surface area contributed by atoms with E-state index < -0.39 is 0 Å². The smallest absolute Gasteiger partial charge is 0.256 e. The molecule has 2 heterocycles. The van der Waals surface area contributed by atoms with Gasteiger partial charge in [-0.25, -0.2) is 0 Å². The summed E-state index contributed by atoms with van der Waals surface area (Å²) in [6, 6.07) is 2.05. The van der Waals surface area contributed by atoms with E-state index in [1.807, 2.05) is 26.2 Å². The van der Waals surface area contributed by atoms with Gasteiger partial charge in [0.1, 0.15) is 0 Å². The molecule has 21 heavy (non-hydrogen) atoms. The molecule has 0 aliphatic heterocycles. The zero-order valence-corrected chi connectivity index (χ0v) is 13.9. The number of carbonyl (C=O) groups excluding carboxylic acids is 2. The SMILES string of the molecule is CC(=O)c1[nH]c(C)c(C(=O)N(C)Cc2sccc2C)c1C. The number of thiophene rings is 1. The van der Waals surface area contributed by atoms with Gasteiger partial charge in [-0.15, -0.1) is 11.3 Å². The van der Waals surface area contributed by atoms with Crippen LogP contribution >= 0.6 is 11.3 Å². The quantitative estimate of drug-likeness (QED) is 0.879. The Balaban J connectivity index is 2.28. The van der Waals surface area contributed by atoms with Crippen LogP contribution in [-0.2, 0) is 6.54 Å². The van der Waals surface area contributed by atoms with Gasteiger partial charge in [0.15, 0.2) is 5.78 Å². The van der Waals surface area contributed by atoms with Crippen molar-refractivity contribution in [3.8, 4) is 0 Å². The number of nitrogens with zero attached hydrogens (tertiary/aromatic N) is 1. The Kier molecular flexibility index (Phi) is 4.32. The highest BCUT2D eigenvalue weighted by Gasteiger charge is 2.23. The fraction of sp³-hybridized carbons (Fsp3) is 0.375. The van der Waals surface area contributed by atoms with Crippen molar-refractivity contribution in [2.24, 2.45) is 0 Å². The van der Waals surface area contributed by atoms with E-state index in [2.05, 4.69) is 11.1 Å². The lowest BCUT2D eigenvalue weighted by Crippen LogP contribution is -2.27. The van der Waals surface area contributed by atoms with Gasteiger partial charge in [0.25, 0.3) is 5.91 Å². The van der Waals surface area contributed by atoms with Crippen molar-refractivity contribution in [3.05, 3.63) is 44.4 Å². The third-order valence-electron chi connectivity index (χ3n) is 3.70. The highest BCUT2D eigenvalue weighted by atomic mass is 32.1. The second kappa shape index (κ2) is 5.85. The number of hydrogen-bond donors (Lipinski definition) is 1. The van der Waals surface area contributed by atoms with E-state index in [0.717, 1.165) is 11.3 Å². The van der Waals surface area contributed by atoms with Crippen molar-refractivity contribution in [3.63, 3.8) is 0 Å². The number of aromatic nitrogens is 1. The number of carbonyl (C=O) groups is 2. The molecule has 0 aliphatic carbocycles. The number of ketones is 1. The summed E-state index contributed by atoms with van der Waals surface area (Å²) in [5.74, 6) is -0.104. The van der Waals surface area contributed by atoms with E-state index in [1.165, 1.54) is 17.4 Å². The minimum absolute atomic E-state index is 0.0496. The van der Waals surface area contributed by atoms with E-state index in [9.17, 15) is 9.59 Å². The minimum Gasteiger partial charge on any atom is -0.355 e. The van der Waals surface area contributed by atoms with Crippen LogP contribution in [0.25, 0.3) is 0 Å². The molecule has 0 bridgehead atoms. The van der Waals surface area contributed by atoms with Gasteiger partial charge in [0.2, 0.25) is 0 Å². The maximum atomic E-state index is 12.7. The number of hydrogen-bond acceptors (Lipinski definition) is 3. The molecule has 0 saturated carbocycles. The third kappa shape index (κ3) is 2.93. The molecular formula is C16H20N2O2S. The van der Waals surface area contributed by atoms with E-state index in [-0.39, 0.29) is 11.7 Å². The number of nitrogens with one attached hydrogen (secondary N) is 1.